The van der Waals surface area contributed by atoms with E-state index in [-0.39, 0.29) is 22.7 Å². The van der Waals surface area contributed by atoms with E-state index in [9.17, 15) is 24.5 Å². The molecule has 11 heteroatoms. The molecule has 4 aromatic carbocycles. The maximum absolute atomic E-state index is 13.8. The second-order valence-electron chi connectivity index (χ2n) is 10.6. The number of amides is 3. The molecular formula is C36H32N4O7. The molecule has 0 fully saturated rings. The number of fused-ring (bicyclic) bond motifs is 1. The van der Waals surface area contributed by atoms with Crippen LogP contribution in [-0.4, -0.2) is 48.4 Å². The second kappa shape index (κ2) is 14.8. The molecule has 0 spiro atoms. The number of anilines is 1. The zero-order valence-corrected chi connectivity index (χ0v) is 25.8. The van der Waals surface area contributed by atoms with E-state index in [1.54, 1.807) is 44.6 Å². The van der Waals surface area contributed by atoms with E-state index in [2.05, 4.69) is 10.3 Å². The molecule has 11 nitrogen and oxygen atoms in total. The molecule has 3 amide bonds. The van der Waals surface area contributed by atoms with Crippen molar-refractivity contribution in [3.05, 3.63) is 136 Å². The number of ether oxygens (including phenoxy) is 2. The number of nitro benzene ring substituents is 1. The van der Waals surface area contributed by atoms with Crippen molar-refractivity contribution in [2.45, 2.75) is 19.3 Å². The number of nitro groups is 1. The normalized spacial score (nSPS) is 10.7. The molecule has 0 bridgehead atoms. The number of aromatic nitrogens is 1. The Morgan fingerprint density at radius 2 is 1.47 bits per heavy atom. The summed E-state index contributed by atoms with van der Waals surface area (Å²) in [5.41, 5.74) is 3.00. The molecule has 1 aromatic heterocycles. The summed E-state index contributed by atoms with van der Waals surface area (Å²) in [6.07, 6.45) is 2.80. The van der Waals surface area contributed by atoms with Gasteiger partial charge in [-0.1, -0.05) is 36.4 Å². The van der Waals surface area contributed by atoms with Crippen LogP contribution >= 0.6 is 0 Å². The fourth-order valence-electron chi connectivity index (χ4n) is 5.04. The highest BCUT2D eigenvalue weighted by Crippen LogP contribution is 2.28. The van der Waals surface area contributed by atoms with Gasteiger partial charge in [0.05, 0.1) is 35.9 Å². The number of para-hydroxylation sites is 1. The number of carbonyl (C=O) groups is 3. The van der Waals surface area contributed by atoms with E-state index in [4.69, 9.17) is 9.47 Å². The number of non-ortho nitro benzene ring substituents is 1. The summed E-state index contributed by atoms with van der Waals surface area (Å²) >= 11 is 0. The second-order valence-corrected chi connectivity index (χ2v) is 10.6. The maximum atomic E-state index is 13.8. The molecule has 0 saturated carbocycles. The average Bonchev–Trinajstić information content (AvgIpc) is 3.11. The molecule has 1 N–H and O–H groups in total. The summed E-state index contributed by atoms with van der Waals surface area (Å²) < 4.78 is 10.6. The number of rotatable bonds is 12. The van der Waals surface area contributed by atoms with Gasteiger partial charge < -0.3 is 14.8 Å². The van der Waals surface area contributed by atoms with E-state index in [1.807, 2.05) is 42.5 Å². The van der Waals surface area contributed by atoms with Crippen LogP contribution in [0.2, 0.25) is 0 Å². The maximum Gasteiger partial charge on any atom is 0.269 e. The molecule has 0 unspecified atom stereocenters. The van der Waals surface area contributed by atoms with Crippen molar-refractivity contribution >= 4 is 40.0 Å². The number of nitrogens with one attached hydrogen (secondary N) is 1. The predicted octanol–water partition coefficient (Wildman–Crippen LogP) is 5.94. The topological polar surface area (TPSA) is 141 Å². The van der Waals surface area contributed by atoms with Crippen LogP contribution in [0.3, 0.4) is 0 Å². The Hall–Kier alpha value is -6.10. The van der Waals surface area contributed by atoms with Crippen LogP contribution in [0.5, 0.6) is 11.5 Å². The lowest BCUT2D eigenvalue weighted by Crippen LogP contribution is -2.37. The number of benzene rings is 4. The SMILES string of the molecule is COc1ccc(CCC(=O)NCCc2ccc(N(C(=O)c3ccc([N+](=O)[O-])cc3)C(=O)c3cnc4ccccc4c3)cc2)cc1OC. The number of pyridine rings is 1. The van der Waals surface area contributed by atoms with Gasteiger partial charge in [0, 0.05) is 42.2 Å². The Morgan fingerprint density at radius 1 is 0.787 bits per heavy atom. The number of hydrogen-bond donors (Lipinski definition) is 1. The van der Waals surface area contributed by atoms with Crippen molar-refractivity contribution < 1.29 is 28.8 Å². The number of carbonyl (C=O) groups excluding carboxylic acids is 3. The Labute approximate surface area is 270 Å². The highest BCUT2D eigenvalue weighted by Gasteiger charge is 2.27. The molecule has 0 aliphatic carbocycles. The van der Waals surface area contributed by atoms with Crippen LogP contribution < -0.4 is 19.7 Å². The molecule has 47 heavy (non-hydrogen) atoms. The van der Waals surface area contributed by atoms with Crippen molar-refractivity contribution in [3.63, 3.8) is 0 Å². The standard InChI is InChI=1S/C36H32N4O7/c1-46-32-17-9-25(21-33(32)47-2)10-18-34(41)37-20-19-24-7-13-29(14-8-24)39(35(42)26-11-15-30(16-12-26)40(44)45)36(43)28-22-27-5-3-4-6-31(27)38-23-28/h3-9,11-17,21-23H,10,18-20H2,1-2H3,(H,37,41). The number of aryl methyl sites for hydroxylation is 1. The van der Waals surface area contributed by atoms with E-state index in [1.165, 1.54) is 30.5 Å². The summed E-state index contributed by atoms with van der Waals surface area (Å²) in [6, 6.07) is 26.5. The molecule has 0 aliphatic heterocycles. The largest absolute Gasteiger partial charge is 0.493 e. The first-order valence-corrected chi connectivity index (χ1v) is 14.8. The minimum Gasteiger partial charge on any atom is -0.493 e. The van der Waals surface area contributed by atoms with Gasteiger partial charge in [0.25, 0.3) is 17.5 Å². The Bertz CT molecular complexity index is 1930. The molecule has 0 radical (unpaired) electrons. The fraction of sp³-hybridized carbons (Fsp3) is 0.167. The summed E-state index contributed by atoms with van der Waals surface area (Å²) in [5, 5.41) is 14.8. The first-order chi connectivity index (χ1) is 22.8. The molecule has 5 rings (SSSR count). The van der Waals surface area contributed by atoms with Crippen molar-refractivity contribution in [3.8, 4) is 11.5 Å². The lowest BCUT2D eigenvalue weighted by atomic mass is 10.1. The van der Waals surface area contributed by atoms with Crippen LogP contribution in [0.25, 0.3) is 10.9 Å². The molecule has 5 aromatic rings. The Kier molecular flexibility index (Phi) is 10.2. The minimum atomic E-state index is -0.646. The van der Waals surface area contributed by atoms with Crippen LogP contribution in [0.15, 0.2) is 103 Å². The summed E-state index contributed by atoms with van der Waals surface area (Å²) in [7, 11) is 3.13. The van der Waals surface area contributed by atoms with E-state index in [0.717, 1.165) is 21.4 Å². The molecule has 0 aliphatic rings. The third-order valence-electron chi connectivity index (χ3n) is 7.59. The zero-order valence-electron chi connectivity index (χ0n) is 25.8. The van der Waals surface area contributed by atoms with Gasteiger partial charge in [0.15, 0.2) is 11.5 Å². The van der Waals surface area contributed by atoms with Crippen LogP contribution in [0.1, 0.15) is 38.3 Å². The van der Waals surface area contributed by atoms with Crippen molar-refractivity contribution in [2.75, 3.05) is 25.7 Å². The first-order valence-electron chi connectivity index (χ1n) is 14.8. The van der Waals surface area contributed by atoms with Gasteiger partial charge >= 0.3 is 0 Å². The van der Waals surface area contributed by atoms with E-state index < -0.39 is 16.7 Å². The van der Waals surface area contributed by atoms with Gasteiger partial charge in [-0.25, -0.2) is 4.90 Å². The van der Waals surface area contributed by atoms with E-state index >= 15 is 0 Å². The number of methoxy groups -OCH3 is 2. The highest BCUT2D eigenvalue weighted by atomic mass is 16.6. The Morgan fingerprint density at radius 3 is 2.17 bits per heavy atom. The van der Waals surface area contributed by atoms with E-state index in [0.29, 0.717) is 48.5 Å². The third-order valence-corrected chi connectivity index (χ3v) is 7.59. The zero-order chi connectivity index (χ0) is 33.3. The lowest BCUT2D eigenvalue weighted by Gasteiger charge is -2.22. The van der Waals surface area contributed by atoms with Gasteiger partial charge in [0.1, 0.15) is 0 Å². The number of hydrogen-bond acceptors (Lipinski definition) is 8. The molecular weight excluding hydrogens is 600 g/mol. The van der Waals surface area contributed by atoms with Gasteiger partial charge in [-0.05, 0) is 72.5 Å². The average molecular weight is 633 g/mol. The van der Waals surface area contributed by atoms with Crippen LogP contribution in [-0.2, 0) is 17.6 Å². The monoisotopic (exact) mass is 632 g/mol. The van der Waals surface area contributed by atoms with Gasteiger partial charge in [-0.3, -0.25) is 29.5 Å². The summed E-state index contributed by atoms with van der Waals surface area (Å²) in [5.74, 6) is -0.0994. The van der Waals surface area contributed by atoms with Crippen molar-refractivity contribution in [2.24, 2.45) is 0 Å². The molecule has 1 heterocycles. The van der Waals surface area contributed by atoms with Gasteiger partial charge in [-0.15, -0.1) is 0 Å². The quantitative estimate of drug-likeness (QED) is 0.101. The minimum absolute atomic E-state index is 0.0918. The van der Waals surface area contributed by atoms with Crippen LogP contribution in [0.4, 0.5) is 11.4 Å². The third kappa shape index (κ3) is 7.77. The van der Waals surface area contributed by atoms with Crippen molar-refractivity contribution in [1.29, 1.82) is 0 Å². The predicted molar refractivity (Wildman–Crippen MR) is 177 cm³/mol. The van der Waals surface area contributed by atoms with Crippen LogP contribution in [0, 0.1) is 10.1 Å². The molecule has 0 saturated heterocycles. The Balaban J connectivity index is 1.27. The highest BCUT2D eigenvalue weighted by molar-refractivity contribution is 6.26. The lowest BCUT2D eigenvalue weighted by molar-refractivity contribution is -0.384. The van der Waals surface area contributed by atoms with Crippen molar-refractivity contribution in [1.82, 2.24) is 10.3 Å². The first kappa shape index (κ1) is 32.3. The smallest absolute Gasteiger partial charge is 0.269 e. The molecule has 238 valence electrons. The van der Waals surface area contributed by atoms with Gasteiger partial charge in [-0.2, -0.15) is 0 Å². The van der Waals surface area contributed by atoms with Gasteiger partial charge in [0.2, 0.25) is 5.91 Å². The number of imide groups is 1. The molecule has 0 atom stereocenters. The fourth-order valence-corrected chi connectivity index (χ4v) is 5.04. The summed E-state index contributed by atoms with van der Waals surface area (Å²) in [6.45, 7) is 0.400. The summed E-state index contributed by atoms with van der Waals surface area (Å²) in [4.78, 5) is 56.0. The number of nitrogens with zero attached hydrogens (tertiary/aromatic N) is 3.